The Hall–Kier alpha value is -1.72. The first-order valence-corrected chi connectivity index (χ1v) is 8.67. The largest absolute Gasteiger partial charge is 0.347 e. The van der Waals surface area contributed by atoms with Gasteiger partial charge in [-0.15, -0.1) is 11.3 Å². The Morgan fingerprint density at radius 1 is 1.30 bits per heavy atom. The molecule has 23 heavy (non-hydrogen) atoms. The maximum absolute atomic E-state index is 12.4. The normalized spacial score (nSPS) is 11.5. The Kier molecular flexibility index (Phi) is 5.55. The van der Waals surface area contributed by atoms with Crippen molar-refractivity contribution in [2.24, 2.45) is 5.73 Å². The van der Waals surface area contributed by atoms with Gasteiger partial charge in [0.25, 0.3) is 5.91 Å². The number of nitrogens with two attached hydrogens (primary N) is 1. The van der Waals surface area contributed by atoms with Gasteiger partial charge in [0, 0.05) is 17.8 Å². The van der Waals surface area contributed by atoms with Crippen molar-refractivity contribution in [1.82, 2.24) is 10.3 Å². The van der Waals surface area contributed by atoms with Gasteiger partial charge in [-0.2, -0.15) is 0 Å². The predicted molar refractivity (Wildman–Crippen MR) is 95.9 cm³/mol. The number of carbonyl (C=O) groups is 1. The molecule has 0 saturated carbocycles. The van der Waals surface area contributed by atoms with Crippen molar-refractivity contribution in [2.75, 3.05) is 6.54 Å². The molecule has 3 N–H and O–H groups in total. The summed E-state index contributed by atoms with van der Waals surface area (Å²) in [5, 5.41) is 3.92. The zero-order valence-electron chi connectivity index (χ0n) is 14.3. The highest BCUT2D eigenvalue weighted by molar-refractivity contribution is 7.11. The molecule has 0 unspecified atom stereocenters. The zero-order valence-corrected chi connectivity index (χ0v) is 15.1. The highest BCUT2D eigenvalue weighted by Gasteiger charge is 2.19. The summed E-state index contributed by atoms with van der Waals surface area (Å²) in [7, 11) is 0. The summed E-state index contributed by atoms with van der Waals surface area (Å²) in [5.41, 5.74) is 8.51. The number of hydrogen-bond acceptors (Lipinski definition) is 4. The average molecular weight is 331 g/mol. The molecule has 0 radical (unpaired) electrons. The van der Waals surface area contributed by atoms with Gasteiger partial charge in [0.15, 0.2) is 0 Å². The smallest absolute Gasteiger partial charge is 0.271 e. The van der Waals surface area contributed by atoms with Gasteiger partial charge >= 0.3 is 0 Å². The molecule has 0 saturated heterocycles. The molecule has 0 bridgehead atoms. The van der Waals surface area contributed by atoms with E-state index >= 15 is 0 Å². The predicted octanol–water partition coefficient (Wildman–Crippen LogP) is 3.18. The van der Waals surface area contributed by atoms with Crippen LogP contribution in [-0.4, -0.2) is 17.4 Å². The Labute approximate surface area is 142 Å². The minimum atomic E-state index is -0.120. The molecule has 1 aromatic heterocycles. The zero-order chi connectivity index (χ0) is 17.0. The Balaban J connectivity index is 2.11. The van der Waals surface area contributed by atoms with Crippen LogP contribution in [0.3, 0.4) is 0 Å². The van der Waals surface area contributed by atoms with Crippen LogP contribution in [0.25, 0.3) is 0 Å². The van der Waals surface area contributed by atoms with Crippen LogP contribution in [0.5, 0.6) is 0 Å². The monoisotopic (exact) mass is 331 g/mol. The van der Waals surface area contributed by atoms with E-state index in [4.69, 9.17) is 5.73 Å². The fraction of sp³-hybridized carbons (Fsp3) is 0.444. The van der Waals surface area contributed by atoms with E-state index in [0.717, 1.165) is 15.4 Å². The van der Waals surface area contributed by atoms with Crippen LogP contribution >= 0.6 is 11.3 Å². The second kappa shape index (κ2) is 7.23. The van der Waals surface area contributed by atoms with Crippen LogP contribution in [0.15, 0.2) is 24.3 Å². The molecule has 0 aliphatic heterocycles. The van der Waals surface area contributed by atoms with Gasteiger partial charge in [-0.3, -0.25) is 4.79 Å². The third-order valence-corrected chi connectivity index (χ3v) is 4.71. The van der Waals surface area contributed by atoms with Crippen LogP contribution in [0, 0.1) is 6.92 Å². The van der Waals surface area contributed by atoms with Gasteiger partial charge in [0.2, 0.25) is 0 Å². The van der Waals surface area contributed by atoms with E-state index < -0.39 is 0 Å². The highest BCUT2D eigenvalue weighted by Crippen LogP contribution is 2.25. The summed E-state index contributed by atoms with van der Waals surface area (Å²) in [6.07, 6.45) is 0.714. The van der Waals surface area contributed by atoms with Crippen molar-refractivity contribution < 1.29 is 4.79 Å². The number of amides is 1. The lowest BCUT2D eigenvalue weighted by Crippen LogP contribution is -2.26. The number of aryl methyl sites for hydroxylation is 1. The van der Waals surface area contributed by atoms with E-state index in [9.17, 15) is 4.79 Å². The van der Waals surface area contributed by atoms with Crippen molar-refractivity contribution in [2.45, 2.75) is 46.1 Å². The van der Waals surface area contributed by atoms with Crippen LogP contribution in [0.2, 0.25) is 0 Å². The first kappa shape index (κ1) is 17.6. The van der Waals surface area contributed by atoms with Gasteiger partial charge in [-0.25, -0.2) is 4.98 Å². The number of thiazole rings is 1. The van der Waals surface area contributed by atoms with Crippen LogP contribution < -0.4 is 11.1 Å². The fourth-order valence-corrected chi connectivity index (χ4v) is 3.50. The molecule has 0 aliphatic carbocycles. The van der Waals surface area contributed by atoms with Crippen LogP contribution in [-0.2, 0) is 18.4 Å². The molecule has 5 heteroatoms. The summed E-state index contributed by atoms with van der Waals surface area (Å²) < 4.78 is 0. The average Bonchev–Trinajstić information content (AvgIpc) is 2.85. The van der Waals surface area contributed by atoms with Crippen molar-refractivity contribution >= 4 is 17.2 Å². The molecule has 124 valence electrons. The van der Waals surface area contributed by atoms with Gasteiger partial charge in [0.05, 0.1) is 5.01 Å². The summed E-state index contributed by atoms with van der Waals surface area (Å²) in [6.45, 7) is 9.52. The second-order valence-electron chi connectivity index (χ2n) is 6.64. The molecule has 2 aromatic rings. The van der Waals surface area contributed by atoms with E-state index in [1.807, 2.05) is 19.1 Å². The van der Waals surface area contributed by atoms with Gasteiger partial charge in [-0.1, -0.05) is 45.0 Å². The van der Waals surface area contributed by atoms with Gasteiger partial charge < -0.3 is 11.1 Å². The van der Waals surface area contributed by atoms with E-state index in [0.29, 0.717) is 25.2 Å². The standard InChI is InChI=1S/C18H25N3OS/c1-12-16(21-15(23-12)9-10-19)17(22)20-11-13-7-5-6-8-14(13)18(2,3)4/h5-8H,9-11,19H2,1-4H3,(H,20,22). The first-order chi connectivity index (χ1) is 10.8. The highest BCUT2D eigenvalue weighted by atomic mass is 32.1. The first-order valence-electron chi connectivity index (χ1n) is 7.86. The molecule has 0 atom stereocenters. The van der Waals surface area contributed by atoms with E-state index in [2.05, 4.69) is 43.2 Å². The quantitative estimate of drug-likeness (QED) is 0.884. The third kappa shape index (κ3) is 4.39. The molecule has 0 aliphatic rings. The van der Waals surface area contributed by atoms with Gasteiger partial charge in [-0.05, 0) is 30.0 Å². The lowest BCUT2D eigenvalue weighted by atomic mass is 9.84. The molecule has 1 amide bonds. The topological polar surface area (TPSA) is 68.0 Å². The SMILES string of the molecule is Cc1sc(CCN)nc1C(=O)NCc1ccccc1C(C)(C)C. The van der Waals surface area contributed by atoms with Gasteiger partial charge in [0.1, 0.15) is 5.69 Å². The van der Waals surface area contributed by atoms with Crippen molar-refractivity contribution in [1.29, 1.82) is 0 Å². The summed E-state index contributed by atoms with van der Waals surface area (Å²) in [4.78, 5) is 17.8. The van der Waals surface area contributed by atoms with Crippen molar-refractivity contribution in [3.05, 3.63) is 51.0 Å². The van der Waals surface area contributed by atoms with E-state index in [1.54, 1.807) is 11.3 Å². The molecule has 1 heterocycles. The fourth-order valence-electron chi connectivity index (χ4n) is 2.56. The summed E-state index contributed by atoms with van der Waals surface area (Å²) in [6, 6.07) is 8.23. The molecule has 4 nitrogen and oxygen atoms in total. The maximum atomic E-state index is 12.4. The molecule has 2 rings (SSSR count). The minimum Gasteiger partial charge on any atom is -0.347 e. The summed E-state index contributed by atoms with van der Waals surface area (Å²) in [5.74, 6) is -0.120. The number of nitrogens with one attached hydrogen (secondary N) is 1. The van der Waals surface area contributed by atoms with E-state index in [-0.39, 0.29) is 11.3 Å². The number of rotatable bonds is 5. The van der Waals surface area contributed by atoms with Crippen LogP contribution in [0.4, 0.5) is 0 Å². The number of aromatic nitrogens is 1. The molecular formula is C18H25N3OS. The Bertz CT molecular complexity index is 686. The van der Waals surface area contributed by atoms with Crippen molar-refractivity contribution in [3.63, 3.8) is 0 Å². The second-order valence-corrected chi connectivity index (χ2v) is 7.93. The lowest BCUT2D eigenvalue weighted by molar-refractivity contribution is 0.0945. The van der Waals surface area contributed by atoms with Crippen LogP contribution in [0.1, 0.15) is 52.3 Å². The Morgan fingerprint density at radius 2 is 2.00 bits per heavy atom. The molecule has 0 spiro atoms. The number of hydrogen-bond donors (Lipinski definition) is 2. The molecular weight excluding hydrogens is 306 g/mol. The maximum Gasteiger partial charge on any atom is 0.271 e. The summed E-state index contributed by atoms with van der Waals surface area (Å²) >= 11 is 1.54. The lowest BCUT2D eigenvalue weighted by Gasteiger charge is -2.23. The molecule has 1 aromatic carbocycles. The van der Waals surface area contributed by atoms with E-state index in [1.165, 1.54) is 5.56 Å². The Morgan fingerprint density at radius 3 is 2.65 bits per heavy atom. The number of carbonyl (C=O) groups excluding carboxylic acids is 1. The van der Waals surface area contributed by atoms with Crippen molar-refractivity contribution in [3.8, 4) is 0 Å². The minimum absolute atomic E-state index is 0.0478. The number of nitrogens with zero attached hydrogens (tertiary/aromatic N) is 1. The third-order valence-electron chi connectivity index (χ3n) is 3.68. The number of benzene rings is 1. The molecule has 0 fully saturated rings.